The van der Waals surface area contributed by atoms with Crippen LogP contribution in [0, 0.1) is 0 Å². The molecule has 132 valence electrons. The Morgan fingerprint density at radius 3 is 2.61 bits per heavy atom. The fraction of sp³-hybridized carbons (Fsp3) is 0.938. The number of fused-ring (bicyclic) bond motifs is 5. The van der Waals surface area contributed by atoms with E-state index in [9.17, 15) is 0 Å². The van der Waals surface area contributed by atoms with Crippen LogP contribution >= 0.6 is 24.0 Å². The van der Waals surface area contributed by atoms with Crippen LogP contribution in [0.15, 0.2) is 4.99 Å². The van der Waals surface area contributed by atoms with Crippen molar-refractivity contribution in [1.29, 1.82) is 0 Å². The average molecular weight is 435 g/mol. The maximum absolute atomic E-state index is 5.94. The summed E-state index contributed by atoms with van der Waals surface area (Å²) in [6.45, 7) is 10.0. The van der Waals surface area contributed by atoms with Gasteiger partial charge < -0.3 is 15.4 Å². The first-order valence-corrected chi connectivity index (χ1v) is 8.98. The number of halogens is 1. The third-order valence-electron chi connectivity index (χ3n) is 5.62. The fourth-order valence-electron chi connectivity index (χ4n) is 4.38. The molecule has 0 spiro atoms. The molecule has 6 nitrogen and oxygen atoms in total. The van der Waals surface area contributed by atoms with Gasteiger partial charge in [-0.1, -0.05) is 0 Å². The highest BCUT2D eigenvalue weighted by atomic mass is 127. The monoisotopic (exact) mass is 435 g/mol. The Morgan fingerprint density at radius 1 is 1.22 bits per heavy atom. The van der Waals surface area contributed by atoms with Crippen LogP contribution in [0.4, 0.5) is 0 Å². The second-order valence-corrected chi connectivity index (χ2v) is 7.07. The molecule has 5 rings (SSSR count). The number of hydrogen-bond acceptors (Lipinski definition) is 4. The van der Waals surface area contributed by atoms with E-state index in [0.717, 1.165) is 25.5 Å². The third-order valence-corrected chi connectivity index (χ3v) is 5.62. The van der Waals surface area contributed by atoms with Gasteiger partial charge in [-0.25, -0.2) is 0 Å². The van der Waals surface area contributed by atoms with Crippen LogP contribution in [-0.4, -0.2) is 85.9 Å². The van der Waals surface area contributed by atoms with Crippen molar-refractivity contribution >= 4 is 29.9 Å². The zero-order chi connectivity index (χ0) is 14.9. The molecule has 23 heavy (non-hydrogen) atoms. The number of nitrogens with one attached hydrogen (secondary N) is 2. The molecule has 4 bridgehead atoms. The van der Waals surface area contributed by atoms with Crippen molar-refractivity contribution in [2.75, 3.05) is 45.8 Å². The van der Waals surface area contributed by atoms with Gasteiger partial charge in [0.2, 0.25) is 0 Å². The molecular formula is C16H30IN5O. The lowest BCUT2D eigenvalue weighted by atomic mass is 9.96. The van der Waals surface area contributed by atoms with Crippen molar-refractivity contribution in [2.24, 2.45) is 4.99 Å². The molecule has 4 atom stereocenters. The molecule has 0 aromatic heterocycles. The van der Waals surface area contributed by atoms with E-state index in [1.54, 1.807) is 0 Å². The molecule has 2 N–H and O–H groups in total. The van der Waals surface area contributed by atoms with Crippen LogP contribution in [0.1, 0.15) is 26.2 Å². The van der Waals surface area contributed by atoms with Gasteiger partial charge >= 0.3 is 0 Å². The summed E-state index contributed by atoms with van der Waals surface area (Å²) in [5.74, 6) is 0.973. The highest BCUT2D eigenvalue weighted by Gasteiger charge is 2.41. The minimum atomic E-state index is 0. The largest absolute Gasteiger partial charge is 0.373 e. The summed E-state index contributed by atoms with van der Waals surface area (Å²) in [5, 5.41) is 7.02. The molecule has 5 saturated heterocycles. The minimum absolute atomic E-state index is 0. The Hall–Kier alpha value is -0.120. The molecule has 5 heterocycles. The third kappa shape index (κ3) is 3.93. The zero-order valence-electron chi connectivity index (χ0n) is 14.0. The lowest BCUT2D eigenvalue weighted by molar-refractivity contribution is 0.0174. The van der Waals surface area contributed by atoms with E-state index >= 15 is 0 Å². The van der Waals surface area contributed by atoms with Crippen molar-refractivity contribution in [1.82, 2.24) is 20.4 Å². The highest BCUT2D eigenvalue weighted by molar-refractivity contribution is 14.0. The summed E-state index contributed by atoms with van der Waals surface area (Å²) >= 11 is 0. The molecule has 5 aliphatic rings. The predicted octanol–water partition coefficient (Wildman–Crippen LogP) is 0.479. The van der Waals surface area contributed by atoms with E-state index in [1.165, 1.54) is 45.6 Å². The number of rotatable bonds is 4. The fourth-order valence-corrected chi connectivity index (χ4v) is 4.38. The van der Waals surface area contributed by atoms with Crippen LogP contribution in [0.2, 0.25) is 0 Å². The summed E-state index contributed by atoms with van der Waals surface area (Å²) in [6, 6.07) is 1.04. The number of ether oxygens (including phenoxy) is 1. The van der Waals surface area contributed by atoms with Gasteiger partial charge in [0, 0.05) is 45.3 Å². The second kappa shape index (κ2) is 7.84. The van der Waals surface area contributed by atoms with Gasteiger partial charge in [-0.3, -0.25) is 14.8 Å². The van der Waals surface area contributed by atoms with Gasteiger partial charge in [-0.2, -0.15) is 0 Å². The molecule has 5 aliphatic heterocycles. The molecule has 4 unspecified atom stereocenters. The molecule has 0 radical (unpaired) electrons. The first kappa shape index (κ1) is 17.7. The predicted molar refractivity (Wildman–Crippen MR) is 103 cm³/mol. The highest BCUT2D eigenvalue weighted by Crippen LogP contribution is 2.34. The second-order valence-electron chi connectivity index (χ2n) is 7.07. The number of nitrogens with zero attached hydrogens (tertiary/aromatic N) is 3. The Balaban J connectivity index is 0.00000156. The van der Waals surface area contributed by atoms with Crippen molar-refractivity contribution in [3.05, 3.63) is 0 Å². The van der Waals surface area contributed by atoms with Gasteiger partial charge in [0.15, 0.2) is 5.96 Å². The molecule has 0 amide bonds. The quantitative estimate of drug-likeness (QED) is 0.382. The number of guanidine groups is 1. The van der Waals surface area contributed by atoms with Crippen molar-refractivity contribution < 1.29 is 4.74 Å². The molecule has 0 saturated carbocycles. The molecule has 0 aromatic carbocycles. The van der Waals surface area contributed by atoms with Gasteiger partial charge in [-0.15, -0.1) is 24.0 Å². The standard InChI is InChI=1S/C16H29N5O.HI/c1-2-17-16(19-14-9-13-3-4-15(14)22-13)18-10-12-11-20-5-7-21(12)8-6-20;/h12-15H,2-11H2,1H3,(H2,17,18,19);1H. The van der Waals surface area contributed by atoms with E-state index in [0.29, 0.717) is 24.3 Å². The van der Waals surface area contributed by atoms with Gasteiger partial charge in [-0.05, 0) is 26.2 Å². The van der Waals surface area contributed by atoms with Crippen LogP contribution in [0.3, 0.4) is 0 Å². The smallest absolute Gasteiger partial charge is 0.191 e. The van der Waals surface area contributed by atoms with E-state index in [2.05, 4.69) is 27.4 Å². The topological polar surface area (TPSA) is 52.1 Å². The maximum atomic E-state index is 5.94. The maximum Gasteiger partial charge on any atom is 0.191 e. The van der Waals surface area contributed by atoms with Gasteiger partial charge in [0.25, 0.3) is 0 Å². The summed E-state index contributed by atoms with van der Waals surface area (Å²) in [6.07, 6.45) is 4.46. The lowest BCUT2D eigenvalue weighted by Gasteiger charge is -2.47. The van der Waals surface area contributed by atoms with E-state index in [-0.39, 0.29) is 24.0 Å². The van der Waals surface area contributed by atoms with E-state index in [1.807, 2.05) is 0 Å². The van der Waals surface area contributed by atoms with E-state index < -0.39 is 0 Å². The van der Waals surface area contributed by atoms with Crippen molar-refractivity contribution in [2.45, 2.75) is 50.5 Å². The Morgan fingerprint density at radius 2 is 2.04 bits per heavy atom. The Bertz CT molecular complexity index is 427. The average Bonchev–Trinajstić information content (AvgIpc) is 3.17. The van der Waals surface area contributed by atoms with Crippen LogP contribution in [0.5, 0.6) is 0 Å². The summed E-state index contributed by atoms with van der Waals surface area (Å²) in [4.78, 5) is 10.1. The van der Waals surface area contributed by atoms with Crippen LogP contribution in [-0.2, 0) is 4.74 Å². The van der Waals surface area contributed by atoms with Gasteiger partial charge in [0.05, 0.1) is 24.8 Å². The zero-order valence-corrected chi connectivity index (χ0v) is 16.4. The molecular weight excluding hydrogens is 405 g/mol. The minimum Gasteiger partial charge on any atom is -0.373 e. The van der Waals surface area contributed by atoms with Gasteiger partial charge in [0.1, 0.15) is 0 Å². The molecule has 5 fully saturated rings. The number of hydrogen-bond donors (Lipinski definition) is 2. The molecule has 0 aliphatic carbocycles. The lowest BCUT2D eigenvalue weighted by Crippen LogP contribution is -2.62. The normalized spacial score (nSPS) is 41.7. The molecule has 0 aromatic rings. The number of piperazine rings is 3. The van der Waals surface area contributed by atoms with Crippen molar-refractivity contribution in [3.63, 3.8) is 0 Å². The number of aliphatic imine (C=N–C) groups is 1. The summed E-state index contributed by atoms with van der Waals surface area (Å²) < 4.78 is 5.94. The van der Waals surface area contributed by atoms with E-state index in [4.69, 9.17) is 9.73 Å². The summed E-state index contributed by atoms with van der Waals surface area (Å²) in [5.41, 5.74) is 0. The first-order valence-electron chi connectivity index (χ1n) is 8.98. The van der Waals surface area contributed by atoms with Crippen LogP contribution < -0.4 is 10.6 Å². The Kier molecular flexibility index (Phi) is 6.03. The molecule has 7 heteroatoms. The summed E-state index contributed by atoms with van der Waals surface area (Å²) in [7, 11) is 0. The van der Waals surface area contributed by atoms with Crippen molar-refractivity contribution in [3.8, 4) is 0 Å². The van der Waals surface area contributed by atoms with Crippen LogP contribution in [0.25, 0.3) is 0 Å². The first-order chi connectivity index (χ1) is 10.8. The SMILES string of the molecule is CCNC(=NCC1CN2CCN1CC2)NC1CC2CCC1O2.I. The Labute approximate surface area is 156 Å².